The van der Waals surface area contributed by atoms with Crippen molar-refractivity contribution in [3.05, 3.63) is 48.5 Å². The van der Waals surface area contributed by atoms with Gasteiger partial charge in [0.25, 0.3) is 0 Å². The first-order chi connectivity index (χ1) is 7.24. The molecule has 2 rings (SSSR count). The van der Waals surface area contributed by atoms with E-state index in [2.05, 4.69) is 0 Å². The van der Waals surface area contributed by atoms with Gasteiger partial charge in [-0.15, -0.1) is 0 Å². The number of hydrogen-bond donors (Lipinski definition) is 2. The van der Waals surface area contributed by atoms with Crippen LogP contribution in [-0.2, 0) is 0 Å². The standard InChI is InChI=1S/C12H10O2Si/c13-9-1-5-11(6-2-9)15-12-7-3-10(14)4-8-12/h1-8,13-14H. The number of benzene rings is 2. The number of rotatable bonds is 2. The van der Waals surface area contributed by atoms with E-state index in [4.69, 9.17) is 10.2 Å². The van der Waals surface area contributed by atoms with Crippen LogP contribution in [0.2, 0.25) is 0 Å². The van der Waals surface area contributed by atoms with Gasteiger partial charge in [-0.25, -0.2) is 0 Å². The zero-order valence-corrected chi connectivity index (χ0v) is 9.01. The van der Waals surface area contributed by atoms with Crippen LogP contribution in [-0.4, -0.2) is 19.7 Å². The number of aromatic hydroxyl groups is 2. The minimum Gasteiger partial charge on any atom is -0.508 e. The minimum atomic E-state index is 0.286. The molecule has 2 aromatic rings. The highest BCUT2D eigenvalue weighted by atomic mass is 28.2. The van der Waals surface area contributed by atoms with E-state index >= 15 is 0 Å². The molecule has 2 aromatic carbocycles. The molecule has 15 heavy (non-hydrogen) atoms. The second kappa shape index (κ2) is 4.19. The summed E-state index contributed by atoms with van der Waals surface area (Å²) in [5.41, 5.74) is 0. The monoisotopic (exact) mass is 214 g/mol. The average Bonchev–Trinajstić information content (AvgIpc) is 2.25. The first kappa shape index (κ1) is 9.80. The molecule has 0 heterocycles. The van der Waals surface area contributed by atoms with Crippen LogP contribution in [0.4, 0.5) is 0 Å². The molecule has 2 nitrogen and oxygen atoms in total. The van der Waals surface area contributed by atoms with E-state index in [0.29, 0.717) is 9.52 Å². The van der Waals surface area contributed by atoms with Crippen molar-refractivity contribution in [1.29, 1.82) is 0 Å². The van der Waals surface area contributed by atoms with Gasteiger partial charge in [0.1, 0.15) is 21.0 Å². The smallest absolute Gasteiger partial charge is 0.121 e. The normalized spacial score (nSPS) is 10.1. The Kier molecular flexibility index (Phi) is 2.74. The lowest BCUT2D eigenvalue weighted by atomic mass is 10.3. The third-order valence-corrected chi connectivity index (χ3v) is 3.27. The molecule has 2 N–H and O–H groups in total. The summed E-state index contributed by atoms with van der Waals surface area (Å²) < 4.78 is 0. The molecule has 0 amide bonds. The summed E-state index contributed by atoms with van der Waals surface area (Å²) in [5.74, 6) is 0.573. The van der Waals surface area contributed by atoms with E-state index in [-0.39, 0.29) is 11.5 Å². The lowest BCUT2D eigenvalue weighted by Crippen LogP contribution is -2.26. The molecular weight excluding hydrogens is 204 g/mol. The largest absolute Gasteiger partial charge is 0.508 e. The maximum atomic E-state index is 9.13. The zero-order chi connectivity index (χ0) is 10.7. The first-order valence-electron chi connectivity index (χ1n) is 4.59. The molecule has 0 aliphatic heterocycles. The lowest BCUT2D eigenvalue weighted by Gasteiger charge is -2.00. The molecule has 0 spiro atoms. The second-order valence-electron chi connectivity index (χ2n) is 3.22. The van der Waals surface area contributed by atoms with Gasteiger partial charge in [-0.3, -0.25) is 0 Å². The Morgan fingerprint density at radius 3 is 1.27 bits per heavy atom. The summed E-state index contributed by atoms with van der Waals surface area (Å²) in [4.78, 5) is 0. The third-order valence-electron chi connectivity index (χ3n) is 2.02. The van der Waals surface area contributed by atoms with E-state index < -0.39 is 0 Å². The minimum absolute atomic E-state index is 0.286. The topological polar surface area (TPSA) is 40.5 Å². The van der Waals surface area contributed by atoms with Crippen molar-refractivity contribution in [2.45, 2.75) is 0 Å². The summed E-state index contributed by atoms with van der Waals surface area (Å²) in [6.07, 6.45) is 0. The van der Waals surface area contributed by atoms with E-state index in [1.165, 1.54) is 10.4 Å². The van der Waals surface area contributed by atoms with Crippen LogP contribution in [0.1, 0.15) is 0 Å². The van der Waals surface area contributed by atoms with Gasteiger partial charge >= 0.3 is 0 Å². The fourth-order valence-corrected chi connectivity index (χ4v) is 2.26. The Hall–Kier alpha value is -1.74. The summed E-state index contributed by atoms with van der Waals surface area (Å²) in [6.45, 7) is 0. The van der Waals surface area contributed by atoms with Crippen LogP contribution in [0.3, 0.4) is 0 Å². The van der Waals surface area contributed by atoms with Crippen LogP contribution >= 0.6 is 0 Å². The molecule has 0 aliphatic carbocycles. The Labute approximate surface area is 90.7 Å². The maximum Gasteiger partial charge on any atom is 0.121 e. The van der Waals surface area contributed by atoms with Gasteiger partial charge in [-0.2, -0.15) is 0 Å². The maximum absolute atomic E-state index is 9.13. The van der Waals surface area contributed by atoms with Gasteiger partial charge in [0.2, 0.25) is 0 Å². The van der Waals surface area contributed by atoms with Crippen LogP contribution in [0.15, 0.2) is 48.5 Å². The van der Waals surface area contributed by atoms with E-state index in [1.54, 1.807) is 24.3 Å². The van der Waals surface area contributed by atoms with Crippen molar-refractivity contribution in [3.63, 3.8) is 0 Å². The second-order valence-corrected chi connectivity index (χ2v) is 4.62. The van der Waals surface area contributed by atoms with Gasteiger partial charge in [0.15, 0.2) is 0 Å². The van der Waals surface area contributed by atoms with Gasteiger partial charge < -0.3 is 10.2 Å². The highest BCUT2D eigenvalue weighted by Gasteiger charge is 1.98. The van der Waals surface area contributed by atoms with Crippen LogP contribution in [0.5, 0.6) is 11.5 Å². The van der Waals surface area contributed by atoms with Crippen molar-refractivity contribution < 1.29 is 10.2 Å². The summed E-state index contributed by atoms with van der Waals surface area (Å²) in [6, 6.07) is 14.3. The molecule has 0 bridgehead atoms. The molecule has 0 saturated carbocycles. The van der Waals surface area contributed by atoms with Gasteiger partial charge in [-0.05, 0) is 24.3 Å². The van der Waals surface area contributed by atoms with Crippen molar-refractivity contribution >= 4 is 19.9 Å². The number of phenolic OH excluding ortho intramolecular Hbond substituents is 2. The average molecular weight is 214 g/mol. The predicted molar refractivity (Wildman–Crippen MR) is 61.2 cm³/mol. The summed E-state index contributed by atoms with van der Waals surface area (Å²) in [7, 11) is 0.547. The van der Waals surface area contributed by atoms with Gasteiger partial charge in [0, 0.05) is 0 Å². The Balaban J connectivity index is 2.15. The summed E-state index contributed by atoms with van der Waals surface area (Å²) >= 11 is 0. The Morgan fingerprint density at radius 1 is 0.600 bits per heavy atom. The van der Waals surface area contributed by atoms with E-state index in [9.17, 15) is 0 Å². The molecule has 0 fully saturated rings. The molecule has 74 valence electrons. The highest BCUT2D eigenvalue weighted by molar-refractivity contribution is 6.67. The highest BCUT2D eigenvalue weighted by Crippen LogP contribution is 2.04. The van der Waals surface area contributed by atoms with E-state index in [1.807, 2.05) is 24.3 Å². The molecule has 3 heteroatoms. The quantitative estimate of drug-likeness (QED) is 0.724. The number of hydrogen-bond acceptors (Lipinski definition) is 2. The molecule has 0 saturated heterocycles. The molecule has 0 unspecified atom stereocenters. The molecule has 0 aromatic heterocycles. The van der Waals surface area contributed by atoms with Gasteiger partial charge in [0.05, 0.1) is 0 Å². The zero-order valence-electron chi connectivity index (χ0n) is 8.01. The molecule has 0 aliphatic rings. The van der Waals surface area contributed by atoms with Gasteiger partial charge in [-0.1, -0.05) is 34.6 Å². The third kappa shape index (κ3) is 2.60. The van der Waals surface area contributed by atoms with Crippen LogP contribution in [0.25, 0.3) is 0 Å². The fraction of sp³-hybridized carbons (Fsp3) is 0. The fourth-order valence-electron chi connectivity index (χ4n) is 1.26. The lowest BCUT2D eigenvalue weighted by molar-refractivity contribution is 0.475. The molecular formula is C12H10O2Si. The van der Waals surface area contributed by atoms with Crippen molar-refractivity contribution in [2.24, 2.45) is 0 Å². The first-order valence-corrected chi connectivity index (χ1v) is 5.59. The van der Waals surface area contributed by atoms with E-state index in [0.717, 1.165) is 0 Å². The Morgan fingerprint density at radius 2 is 0.933 bits per heavy atom. The Bertz CT molecular complexity index is 391. The SMILES string of the molecule is Oc1ccc([Si]c2ccc(O)cc2)cc1. The van der Waals surface area contributed by atoms with Crippen LogP contribution < -0.4 is 10.4 Å². The molecule has 0 atom stereocenters. The van der Waals surface area contributed by atoms with Crippen molar-refractivity contribution in [3.8, 4) is 11.5 Å². The number of phenols is 2. The molecule has 2 radical (unpaired) electrons. The van der Waals surface area contributed by atoms with Crippen LogP contribution in [0, 0.1) is 0 Å². The van der Waals surface area contributed by atoms with Crippen molar-refractivity contribution in [2.75, 3.05) is 0 Å². The predicted octanol–water partition coefficient (Wildman–Crippen LogP) is 0.753. The van der Waals surface area contributed by atoms with Crippen molar-refractivity contribution in [1.82, 2.24) is 0 Å². The summed E-state index contributed by atoms with van der Waals surface area (Å²) in [5, 5.41) is 20.6.